The number of hydrogen-bond acceptors (Lipinski definition) is 3. The summed E-state index contributed by atoms with van der Waals surface area (Å²) < 4.78 is 5.91. The molecule has 1 aliphatic heterocycles. The van der Waals surface area contributed by atoms with E-state index < -0.39 is 0 Å². The van der Waals surface area contributed by atoms with Gasteiger partial charge in [0.25, 0.3) is 0 Å². The molecule has 0 aromatic heterocycles. The standard InChI is InChI=1S/C19H17ClN2O3/c1-11-2-7-17(15(20)8-11)25-13-4-5-14-12(9-13)3-6-16(14)22-10-18(23)21-19(22)24/h2,4-5,7-9,16H,3,6,10H2,1H3,(H,21,23,24). The smallest absolute Gasteiger partial charge is 0.325 e. The van der Waals surface area contributed by atoms with Crippen LogP contribution in [0.25, 0.3) is 0 Å². The van der Waals surface area contributed by atoms with Gasteiger partial charge >= 0.3 is 6.03 Å². The Bertz CT molecular complexity index is 881. The minimum Gasteiger partial charge on any atom is -0.456 e. The van der Waals surface area contributed by atoms with E-state index in [9.17, 15) is 9.59 Å². The summed E-state index contributed by atoms with van der Waals surface area (Å²) in [6, 6.07) is 11.1. The van der Waals surface area contributed by atoms with Gasteiger partial charge in [-0.1, -0.05) is 23.7 Å². The minimum atomic E-state index is -0.311. The van der Waals surface area contributed by atoms with Gasteiger partial charge in [-0.25, -0.2) is 4.79 Å². The third-order valence-corrected chi connectivity index (χ3v) is 4.97. The highest BCUT2D eigenvalue weighted by molar-refractivity contribution is 6.32. The van der Waals surface area contributed by atoms with Crippen molar-refractivity contribution >= 4 is 23.5 Å². The van der Waals surface area contributed by atoms with Crippen LogP contribution >= 0.6 is 11.6 Å². The molecule has 4 rings (SSSR count). The van der Waals surface area contributed by atoms with Gasteiger partial charge in [0.05, 0.1) is 11.1 Å². The van der Waals surface area contributed by atoms with Crippen molar-refractivity contribution in [2.75, 3.05) is 6.54 Å². The van der Waals surface area contributed by atoms with Crippen LogP contribution in [0.15, 0.2) is 36.4 Å². The second kappa shape index (κ2) is 6.08. The molecule has 2 aromatic rings. The van der Waals surface area contributed by atoms with Gasteiger partial charge in [-0.3, -0.25) is 10.1 Å². The zero-order valence-electron chi connectivity index (χ0n) is 13.7. The molecule has 1 N–H and O–H groups in total. The number of nitrogens with one attached hydrogen (secondary N) is 1. The number of carbonyl (C=O) groups is 2. The Labute approximate surface area is 150 Å². The first kappa shape index (κ1) is 16.0. The monoisotopic (exact) mass is 356 g/mol. The lowest BCUT2D eigenvalue weighted by atomic mass is 10.1. The van der Waals surface area contributed by atoms with Gasteiger partial charge in [-0.2, -0.15) is 0 Å². The van der Waals surface area contributed by atoms with E-state index in [1.54, 1.807) is 4.90 Å². The van der Waals surface area contributed by atoms with Crippen molar-refractivity contribution in [2.24, 2.45) is 0 Å². The Balaban J connectivity index is 1.57. The highest BCUT2D eigenvalue weighted by Crippen LogP contribution is 2.39. The van der Waals surface area contributed by atoms with E-state index in [1.165, 1.54) is 0 Å². The van der Waals surface area contributed by atoms with Crippen molar-refractivity contribution < 1.29 is 14.3 Å². The molecule has 1 fully saturated rings. The van der Waals surface area contributed by atoms with Crippen LogP contribution in [0.5, 0.6) is 11.5 Å². The predicted octanol–water partition coefficient (Wildman–Crippen LogP) is 3.98. The van der Waals surface area contributed by atoms with Crippen LogP contribution in [0.3, 0.4) is 0 Å². The van der Waals surface area contributed by atoms with Gasteiger partial charge in [0.15, 0.2) is 0 Å². The van der Waals surface area contributed by atoms with Crippen molar-refractivity contribution in [1.82, 2.24) is 10.2 Å². The molecule has 128 valence electrons. The summed E-state index contributed by atoms with van der Waals surface area (Å²) in [5, 5.41) is 2.91. The third kappa shape index (κ3) is 2.96. The summed E-state index contributed by atoms with van der Waals surface area (Å²) in [7, 11) is 0. The predicted molar refractivity (Wildman–Crippen MR) is 94.0 cm³/mol. The van der Waals surface area contributed by atoms with Crippen molar-refractivity contribution in [3.8, 4) is 11.5 Å². The lowest BCUT2D eigenvalue weighted by Crippen LogP contribution is -2.31. The van der Waals surface area contributed by atoms with Crippen LogP contribution in [-0.4, -0.2) is 23.4 Å². The topological polar surface area (TPSA) is 58.6 Å². The van der Waals surface area contributed by atoms with Crippen LogP contribution in [-0.2, 0) is 11.2 Å². The van der Waals surface area contributed by atoms with Crippen molar-refractivity contribution in [3.05, 3.63) is 58.1 Å². The Morgan fingerprint density at radius 3 is 2.76 bits per heavy atom. The molecule has 2 aliphatic rings. The number of hydrogen-bond donors (Lipinski definition) is 1. The molecule has 0 bridgehead atoms. The molecule has 0 spiro atoms. The molecule has 6 heteroatoms. The lowest BCUT2D eigenvalue weighted by Gasteiger charge is -2.22. The van der Waals surface area contributed by atoms with E-state index in [4.69, 9.17) is 16.3 Å². The second-order valence-corrected chi connectivity index (χ2v) is 6.84. The Hall–Kier alpha value is -2.53. The highest BCUT2D eigenvalue weighted by Gasteiger charge is 2.36. The van der Waals surface area contributed by atoms with Gasteiger partial charge in [-0.15, -0.1) is 0 Å². The first-order valence-corrected chi connectivity index (χ1v) is 8.56. The summed E-state index contributed by atoms with van der Waals surface area (Å²) in [6.07, 6.45) is 1.65. The van der Waals surface area contributed by atoms with Crippen LogP contribution in [0.2, 0.25) is 5.02 Å². The van der Waals surface area contributed by atoms with Gasteiger partial charge in [0, 0.05) is 0 Å². The fourth-order valence-electron chi connectivity index (χ4n) is 3.48. The molecule has 25 heavy (non-hydrogen) atoms. The first-order valence-electron chi connectivity index (χ1n) is 8.18. The van der Waals surface area contributed by atoms with Gasteiger partial charge in [-0.05, 0) is 60.7 Å². The molecule has 5 nitrogen and oxygen atoms in total. The SMILES string of the molecule is Cc1ccc(Oc2ccc3c(c2)CCC3N2CC(=O)NC2=O)c(Cl)c1. The molecular weight excluding hydrogens is 340 g/mol. The molecule has 0 saturated carbocycles. The van der Waals surface area contributed by atoms with Crippen LogP contribution in [0.4, 0.5) is 4.79 Å². The number of ether oxygens (including phenoxy) is 1. The zero-order chi connectivity index (χ0) is 17.6. The summed E-state index contributed by atoms with van der Waals surface area (Å²) in [5.41, 5.74) is 3.29. The number of halogens is 1. The highest BCUT2D eigenvalue weighted by atomic mass is 35.5. The number of aryl methyl sites for hydroxylation is 2. The lowest BCUT2D eigenvalue weighted by molar-refractivity contribution is -0.118. The number of imide groups is 1. The number of amides is 3. The Morgan fingerprint density at radius 1 is 1.20 bits per heavy atom. The number of benzene rings is 2. The van der Waals surface area contributed by atoms with E-state index >= 15 is 0 Å². The molecule has 1 aliphatic carbocycles. The molecule has 1 heterocycles. The van der Waals surface area contributed by atoms with Crippen molar-refractivity contribution in [1.29, 1.82) is 0 Å². The number of urea groups is 1. The maximum absolute atomic E-state index is 11.9. The number of fused-ring (bicyclic) bond motifs is 1. The van der Waals surface area contributed by atoms with E-state index in [1.807, 2.05) is 43.3 Å². The van der Waals surface area contributed by atoms with Crippen LogP contribution < -0.4 is 10.1 Å². The maximum Gasteiger partial charge on any atom is 0.325 e. The van der Waals surface area contributed by atoms with Gasteiger partial charge in [0.1, 0.15) is 18.0 Å². The van der Waals surface area contributed by atoms with E-state index in [2.05, 4.69) is 5.32 Å². The molecular formula is C19H17ClN2O3. The molecule has 1 saturated heterocycles. The number of nitrogens with zero attached hydrogens (tertiary/aromatic N) is 1. The number of rotatable bonds is 3. The second-order valence-electron chi connectivity index (χ2n) is 6.43. The summed E-state index contributed by atoms with van der Waals surface area (Å²) in [5.74, 6) is 1.09. The summed E-state index contributed by atoms with van der Waals surface area (Å²) in [4.78, 5) is 25.0. The normalized spacial score (nSPS) is 19.1. The Morgan fingerprint density at radius 2 is 2.04 bits per heavy atom. The zero-order valence-corrected chi connectivity index (χ0v) is 14.5. The third-order valence-electron chi connectivity index (χ3n) is 4.67. The van der Waals surface area contributed by atoms with Crippen molar-refractivity contribution in [2.45, 2.75) is 25.8 Å². The maximum atomic E-state index is 11.9. The number of carbonyl (C=O) groups excluding carboxylic acids is 2. The fraction of sp³-hybridized carbons (Fsp3) is 0.263. The quantitative estimate of drug-likeness (QED) is 0.846. The van der Waals surface area contributed by atoms with Gasteiger partial charge in [0.2, 0.25) is 5.91 Å². The summed E-state index contributed by atoms with van der Waals surface area (Å²) in [6.45, 7) is 2.10. The average molecular weight is 357 g/mol. The molecule has 1 atom stereocenters. The Kier molecular flexibility index (Phi) is 3.88. The molecule has 3 amide bonds. The van der Waals surface area contributed by atoms with E-state index in [0.29, 0.717) is 16.5 Å². The van der Waals surface area contributed by atoms with Crippen LogP contribution in [0.1, 0.15) is 29.2 Å². The van der Waals surface area contributed by atoms with E-state index in [0.717, 1.165) is 29.5 Å². The first-order chi connectivity index (χ1) is 12.0. The van der Waals surface area contributed by atoms with Crippen LogP contribution in [0, 0.1) is 6.92 Å². The molecule has 2 aromatic carbocycles. The minimum absolute atomic E-state index is 0.0570. The summed E-state index contributed by atoms with van der Waals surface area (Å²) >= 11 is 6.23. The average Bonchev–Trinajstić information content (AvgIpc) is 3.12. The largest absolute Gasteiger partial charge is 0.456 e. The molecule has 1 unspecified atom stereocenters. The fourth-order valence-corrected chi connectivity index (χ4v) is 3.76. The van der Waals surface area contributed by atoms with Gasteiger partial charge < -0.3 is 9.64 Å². The van der Waals surface area contributed by atoms with E-state index in [-0.39, 0.29) is 24.5 Å². The molecule has 0 radical (unpaired) electrons. The van der Waals surface area contributed by atoms with Crippen molar-refractivity contribution in [3.63, 3.8) is 0 Å².